The van der Waals surface area contributed by atoms with Gasteiger partial charge in [0.25, 0.3) is 5.91 Å². The highest BCUT2D eigenvalue weighted by molar-refractivity contribution is 5.95. The van der Waals surface area contributed by atoms with Crippen LogP contribution in [0.25, 0.3) is 10.9 Å². The second-order valence-corrected chi connectivity index (χ2v) is 8.54. The number of likely N-dealkylation sites (tertiary alicyclic amines) is 1. The van der Waals surface area contributed by atoms with Gasteiger partial charge in [-0.05, 0) is 42.2 Å². The van der Waals surface area contributed by atoms with Crippen molar-refractivity contribution < 1.29 is 4.79 Å². The van der Waals surface area contributed by atoms with Gasteiger partial charge in [0.05, 0.1) is 5.52 Å². The number of benzene rings is 1. The Hall–Kier alpha value is -1.90. The molecule has 1 aromatic heterocycles. The third kappa shape index (κ3) is 2.52. The Bertz CT molecular complexity index is 782. The summed E-state index contributed by atoms with van der Waals surface area (Å²) in [6, 6.07) is 12.2. The molecule has 0 unspecified atom stereocenters. The van der Waals surface area contributed by atoms with Gasteiger partial charge in [-0.15, -0.1) is 0 Å². The molecule has 1 aromatic carbocycles. The number of hydrogen-bond donors (Lipinski definition) is 0. The van der Waals surface area contributed by atoms with E-state index in [0.29, 0.717) is 17.2 Å². The molecule has 1 aliphatic heterocycles. The topological polar surface area (TPSA) is 33.2 Å². The fraction of sp³-hybridized carbons (Fsp3) is 0.500. The standard InChI is InChI=1S/C20H24N2O/c1-19(2)10-15-11-20(3,12-19)13-22(15)18(23)17-9-8-14-6-4-5-7-16(14)21-17/h4-9,15H,10-13H2,1-3H3/t15-,20-/m1/s1. The Morgan fingerprint density at radius 2 is 1.91 bits per heavy atom. The summed E-state index contributed by atoms with van der Waals surface area (Å²) in [7, 11) is 0. The molecule has 23 heavy (non-hydrogen) atoms. The number of nitrogens with zero attached hydrogens (tertiary/aromatic N) is 2. The summed E-state index contributed by atoms with van der Waals surface area (Å²) in [5.74, 6) is 0.0992. The van der Waals surface area contributed by atoms with Crippen LogP contribution in [0.5, 0.6) is 0 Å². The first-order valence-electron chi connectivity index (χ1n) is 8.52. The van der Waals surface area contributed by atoms with Crippen LogP contribution in [0.1, 0.15) is 50.5 Å². The minimum atomic E-state index is 0.0992. The van der Waals surface area contributed by atoms with Crippen LogP contribution in [0.4, 0.5) is 0 Å². The Labute approximate surface area is 137 Å². The maximum atomic E-state index is 13.0. The predicted octanol–water partition coefficient (Wildman–Crippen LogP) is 4.28. The van der Waals surface area contributed by atoms with Crippen LogP contribution >= 0.6 is 0 Å². The first-order valence-corrected chi connectivity index (χ1v) is 8.52. The highest BCUT2D eigenvalue weighted by Crippen LogP contribution is 2.52. The molecule has 2 fully saturated rings. The van der Waals surface area contributed by atoms with Gasteiger partial charge in [-0.2, -0.15) is 0 Å². The van der Waals surface area contributed by atoms with Crippen molar-refractivity contribution in [3.63, 3.8) is 0 Å². The Morgan fingerprint density at radius 1 is 1.13 bits per heavy atom. The number of fused-ring (bicyclic) bond motifs is 3. The highest BCUT2D eigenvalue weighted by atomic mass is 16.2. The first-order chi connectivity index (χ1) is 10.9. The number of rotatable bonds is 1. The molecule has 120 valence electrons. The molecule has 2 heterocycles. The summed E-state index contributed by atoms with van der Waals surface area (Å²) in [6.07, 6.45) is 3.43. The molecule has 2 bridgehead atoms. The monoisotopic (exact) mass is 308 g/mol. The zero-order valence-electron chi connectivity index (χ0n) is 14.2. The van der Waals surface area contributed by atoms with Crippen molar-refractivity contribution in [1.82, 2.24) is 9.88 Å². The van der Waals surface area contributed by atoms with E-state index in [1.165, 1.54) is 6.42 Å². The zero-order chi connectivity index (χ0) is 16.2. The quantitative estimate of drug-likeness (QED) is 0.788. The molecule has 3 nitrogen and oxygen atoms in total. The maximum Gasteiger partial charge on any atom is 0.272 e. The lowest BCUT2D eigenvalue weighted by Gasteiger charge is -2.39. The molecule has 3 heteroatoms. The van der Waals surface area contributed by atoms with E-state index in [9.17, 15) is 4.79 Å². The van der Waals surface area contributed by atoms with Gasteiger partial charge in [-0.1, -0.05) is 45.0 Å². The molecule has 0 N–H and O–H groups in total. The zero-order valence-corrected chi connectivity index (χ0v) is 14.2. The van der Waals surface area contributed by atoms with Gasteiger partial charge in [0.15, 0.2) is 0 Å². The van der Waals surface area contributed by atoms with Crippen molar-refractivity contribution in [2.75, 3.05) is 6.54 Å². The molecule has 2 aromatic rings. The van der Waals surface area contributed by atoms with Crippen molar-refractivity contribution in [3.05, 3.63) is 42.1 Å². The van der Waals surface area contributed by atoms with Crippen molar-refractivity contribution in [2.24, 2.45) is 10.8 Å². The Balaban J connectivity index is 1.66. The van der Waals surface area contributed by atoms with E-state index in [2.05, 4.69) is 30.7 Å². The predicted molar refractivity (Wildman–Crippen MR) is 92.3 cm³/mol. The van der Waals surface area contributed by atoms with Crippen LogP contribution in [0.15, 0.2) is 36.4 Å². The molecule has 2 atom stereocenters. The molecule has 0 radical (unpaired) electrons. The summed E-state index contributed by atoms with van der Waals surface area (Å²) in [4.78, 5) is 19.7. The van der Waals surface area contributed by atoms with Crippen molar-refractivity contribution in [1.29, 1.82) is 0 Å². The summed E-state index contributed by atoms with van der Waals surface area (Å²) in [5, 5.41) is 1.08. The average Bonchev–Trinajstić information content (AvgIpc) is 2.75. The van der Waals surface area contributed by atoms with E-state index in [0.717, 1.165) is 30.3 Å². The van der Waals surface area contributed by atoms with Crippen LogP contribution in [-0.2, 0) is 0 Å². The number of carbonyl (C=O) groups excluding carboxylic acids is 1. The molecule has 2 aliphatic rings. The van der Waals surface area contributed by atoms with E-state index in [1.54, 1.807) is 0 Å². The molecular weight excluding hydrogens is 284 g/mol. The lowest BCUT2D eigenvalue weighted by Crippen LogP contribution is -2.38. The van der Waals surface area contributed by atoms with Gasteiger partial charge in [-0.3, -0.25) is 4.79 Å². The lowest BCUT2D eigenvalue weighted by molar-refractivity contribution is 0.0703. The van der Waals surface area contributed by atoms with Crippen LogP contribution in [0.2, 0.25) is 0 Å². The normalized spacial score (nSPS) is 29.0. The summed E-state index contributed by atoms with van der Waals surface area (Å²) < 4.78 is 0. The Morgan fingerprint density at radius 3 is 2.74 bits per heavy atom. The first kappa shape index (κ1) is 14.7. The number of pyridine rings is 1. The van der Waals surface area contributed by atoms with Gasteiger partial charge >= 0.3 is 0 Å². The largest absolute Gasteiger partial charge is 0.334 e. The molecular formula is C20H24N2O. The van der Waals surface area contributed by atoms with Crippen molar-refractivity contribution in [2.45, 2.75) is 46.1 Å². The summed E-state index contributed by atoms with van der Waals surface area (Å²) in [6.45, 7) is 7.87. The van der Waals surface area contributed by atoms with Crippen molar-refractivity contribution in [3.8, 4) is 0 Å². The van der Waals surface area contributed by atoms with Crippen LogP contribution in [0, 0.1) is 10.8 Å². The fourth-order valence-corrected chi connectivity index (χ4v) is 5.03. The Kier molecular flexibility index (Phi) is 3.06. The van der Waals surface area contributed by atoms with Gasteiger partial charge in [0.1, 0.15) is 5.69 Å². The van der Waals surface area contributed by atoms with E-state index >= 15 is 0 Å². The van der Waals surface area contributed by atoms with E-state index < -0.39 is 0 Å². The van der Waals surface area contributed by atoms with Crippen molar-refractivity contribution >= 4 is 16.8 Å². The lowest BCUT2D eigenvalue weighted by atomic mass is 9.65. The summed E-state index contributed by atoms with van der Waals surface area (Å²) >= 11 is 0. The molecule has 1 saturated heterocycles. The fourth-order valence-electron chi connectivity index (χ4n) is 5.03. The second-order valence-electron chi connectivity index (χ2n) is 8.54. The van der Waals surface area contributed by atoms with Crippen LogP contribution in [0.3, 0.4) is 0 Å². The van der Waals surface area contributed by atoms with E-state index in [-0.39, 0.29) is 11.3 Å². The number of amides is 1. The number of hydrogen-bond acceptors (Lipinski definition) is 2. The number of aromatic nitrogens is 1. The smallest absolute Gasteiger partial charge is 0.272 e. The molecule has 1 aliphatic carbocycles. The number of carbonyl (C=O) groups is 1. The highest BCUT2D eigenvalue weighted by Gasteiger charge is 2.51. The second kappa shape index (κ2) is 4.80. The van der Waals surface area contributed by atoms with Gasteiger partial charge in [-0.25, -0.2) is 4.98 Å². The maximum absolute atomic E-state index is 13.0. The van der Waals surface area contributed by atoms with Crippen LogP contribution in [-0.4, -0.2) is 28.4 Å². The molecule has 1 amide bonds. The summed E-state index contributed by atoms with van der Waals surface area (Å²) in [5.41, 5.74) is 2.06. The molecule has 0 spiro atoms. The number of para-hydroxylation sites is 1. The molecule has 1 saturated carbocycles. The minimum Gasteiger partial charge on any atom is -0.334 e. The van der Waals surface area contributed by atoms with E-state index in [4.69, 9.17) is 0 Å². The van der Waals surface area contributed by atoms with Gasteiger partial charge < -0.3 is 4.90 Å². The third-order valence-corrected chi connectivity index (χ3v) is 5.49. The third-order valence-electron chi connectivity index (χ3n) is 5.49. The minimum absolute atomic E-state index is 0.0992. The average molecular weight is 308 g/mol. The molecule has 4 rings (SSSR count). The van der Waals surface area contributed by atoms with Gasteiger partial charge in [0.2, 0.25) is 0 Å². The van der Waals surface area contributed by atoms with Crippen LogP contribution < -0.4 is 0 Å². The SMILES string of the molecule is CC1(C)C[C@@H]2C[C@@](C)(CN2C(=O)c2ccc3ccccc3n2)C1. The van der Waals surface area contributed by atoms with Gasteiger partial charge in [0, 0.05) is 18.0 Å². The van der Waals surface area contributed by atoms with E-state index in [1.807, 2.05) is 36.4 Å².